The molecule has 3 rings (SSSR count). The zero-order valence-corrected chi connectivity index (χ0v) is 10.6. The van der Waals surface area contributed by atoms with Gasteiger partial charge in [-0.25, -0.2) is 0 Å². The van der Waals surface area contributed by atoms with Crippen LogP contribution in [0.1, 0.15) is 39.0 Å². The molecule has 0 radical (unpaired) electrons. The van der Waals surface area contributed by atoms with Crippen LogP contribution >= 0.6 is 0 Å². The van der Waals surface area contributed by atoms with Crippen LogP contribution in [-0.2, 0) is 14.3 Å². The van der Waals surface area contributed by atoms with Gasteiger partial charge in [0.2, 0.25) is 0 Å². The third-order valence-electron chi connectivity index (χ3n) is 4.93. The van der Waals surface area contributed by atoms with Crippen molar-refractivity contribution in [2.45, 2.75) is 44.8 Å². The maximum absolute atomic E-state index is 12.3. The highest BCUT2D eigenvalue weighted by atomic mass is 16.7. The van der Waals surface area contributed by atoms with E-state index in [2.05, 4.69) is 5.16 Å². The largest absolute Gasteiger partial charge is 0.411 e. The first-order valence-corrected chi connectivity index (χ1v) is 6.63. The maximum Gasteiger partial charge on any atom is 0.186 e. The smallest absolute Gasteiger partial charge is 0.186 e. The fourth-order valence-electron chi connectivity index (χ4n) is 3.69. The molecule has 3 aliphatic rings. The van der Waals surface area contributed by atoms with E-state index in [0.717, 1.165) is 25.7 Å². The summed E-state index contributed by atoms with van der Waals surface area (Å²) in [5.74, 6) is -0.172. The van der Waals surface area contributed by atoms with Gasteiger partial charge in [-0.05, 0) is 25.2 Å². The van der Waals surface area contributed by atoms with E-state index in [4.69, 9.17) is 14.7 Å². The van der Waals surface area contributed by atoms with E-state index in [1.165, 1.54) is 0 Å². The zero-order chi connectivity index (χ0) is 12.8. The van der Waals surface area contributed by atoms with Crippen LogP contribution in [0.5, 0.6) is 0 Å². The summed E-state index contributed by atoms with van der Waals surface area (Å²) in [5, 5.41) is 12.0. The van der Waals surface area contributed by atoms with Gasteiger partial charge in [-0.1, -0.05) is 12.1 Å². The summed E-state index contributed by atoms with van der Waals surface area (Å²) in [6.45, 7) is 3.30. The highest BCUT2D eigenvalue weighted by Crippen LogP contribution is 2.52. The second kappa shape index (κ2) is 4.03. The van der Waals surface area contributed by atoms with Crippen molar-refractivity contribution in [2.24, 2.45) is 16.5 Å². The minimum Gasteiger partial charge on any atom is -0.411 e. The van der Waals surface area contributed by atoms with Crippen molar-refractivity contribution in [1.29, 1.82) is 0 Å². The molecule has 5 nitrogen and oxygen atoms in total. The summed E-state index contributed by atoms with van der Waals surface area (Å²) in [6.07, 6.45) is 3.72. The zero-order valence-electron chi connectivity index (χ0n) is 10.6. The molecule has 1 aliphatic heterocycles. The van der Waals surface area contributed by atoms with Crippen molar-refractivity contribution >= 4 is 11.5 Å². The standard InChI is InChI=1S/C13H19NO4/c1-12-4-5-13(17-6-7-18-13)8-9(12)2-3-10(14-16)11(12)15/h9,16H,2-8H2,1H3/b14-10-/t9-,12-/m0/s1. The highest BCUT2D eigenvalue weighted by Gasteiger charge is 2.55. The molecule has 1 saturated heterocycles. The summed E-state index contributed by atoms with van der Waals surface area (Å²) < 4.78 is 11.5. The number of rotatable bonds is 0. The minimum absolute atomic E-state index is 0.00842. The quantitative estimate of drug-likeness (QED) is 0.527. The van der Waals surface area contributed by atoms with E-state index >= 15 is 0 Å². The lowest BCUT2D eigenvalue weighted by molar-refractivity contribution is -0.206. The summed E-state index contributed by atoms with van der Waals surface area (Å²) in [5.41, 5.74) is -0.0710. The molecule has 2 atom stereocenters. The molecule has 3 fully saturated rings. The van der Waals surface area contributed by atoms with Gasteiger partial charge in [0.1, 0.15) is 5.71 Å². The fourth-order valence-corrected chi connectivity index (χ4v) is 3.69. The second-order valence-corrected chi connectivity index (χ2v) is 5.84. The monoisotopic (exact) mass is 253 g/mol. The number of Topliss-reactive ketones (excluding diaryl/α,β-unsaturated/α-hetero) is 1. The van der Waals surface area contributed by atoms with Crippen LogP contribution in [0.15, 0.2) is 5.16 Å². The van der Waals surface area contributed by atoms with Gasteiger partial charge in [-0.2, -0.15) is 0 Å². The Bertz CT molecular complexity index is 400. The average Bonchev–Trinajstić information content (AvgIpc) is 2.82. The van der Waals surface area contributed by atoms with Gasteiger partial charge in [-0.3, -0.25) is 4.79 Å². The number of ether oxygens (including phenoxy) is 2. The third kappa shape index (κ3) is 1.61. The van der Waals surface area contributed by atoms with Gasteiger partial charge in [0, 0.05) is 18.3 Å². The molecule has 2 saturated carbocycles. The first kappa shape index (κ1) is 12.1. The Kier molecular flexibility index (Phi) is 2.71. The second-order valence-electron chi connectivity index (χ2n) is 5.84. The Labute approximate surface area is 106 Å². The van der Waals surface area contributed by atoms with E-state index in [1.54, 1.807) is 0 Å². The Morgan fingerprint density at radius 3 is 2.72 bits per heavy atom. The first-order valence-electron chi connectivity index (χ1n) is 6.63. The predicted molar refractivity (Wildman–Crippen MR) is 63.5 cm³/mol. The van der Waals surface area contributed by atoms with Crippen molar-refractivity contribution in [1.82, 2.24) is 0 Å². The van der Waals surface area contributed by atoms with Crippen LogP contribution in [0.4, 0.5) is 0 Å². The number of hydrogen-bond acceptors (Lipinski definition) is 5. The molecule has 0 aromatic heterocycles. The molecule has 2 aliphatic carbocycles. The molecule has 0 aromatic carbocycles. The van der Waals surface area contributed by atoms with Gasteiger partial charge in [-0.15, -0.1) is 0 Å². The molecule has 0 aromatic rings. The van der Waals surface area contributed by atoms with Crippen LogP contribution in [0.2, 0.25) is 0 Å². The molecule has 100 valence electrons. The summed E-state index contributed by atoms with van der Waals surface area (Å²) in [4.78, 5) is 12.3. The number of oxime groups is 1. The van der Waals surface area contributed by atoms with Crippen LogP contribution in [-0.4, -0.2) is 35.7 Å². The lowest BCUT2D eigenvalue weighted by atomic mass is 9.58. The molecule has 5 heteroatoms. The van der Waals surface area contributed by atoms with Crippen LogP contribution in [0.25, 0.3) is 0 Å². The molecular formula is C13H19NO4. The van der Waals surface area contributed by atoms with Crippen LogP contribution < -0.4 is 0 Å². The number of hydrogen-bond donors (Lipinski definition) is 1. The van der Waals surface area contributed by atoms with Gasteiger partial charge < -0.3 is 14.7 Å². The Hall–Kier alpha value is -0.940. The van der Waals surface area contributed by atoms with Crippen molar-refractivity contribution < 1.29 is 19.5 Å². The van der Waals surface area contributed by atoms with Crippen molar-refractivity contribution in [3.8, 4) is 0 Å². The van der Waals surface area contributed by atoms with E-state index in [0.29, 0.717) is 25.3 Å². The van der Waals surface area contributed by atoms with Gasteiger partial charge in [0.05, 0.1) is 13.2 Å². The topological polar surface area (TPSA) is 68.1 Å². The average molecular weight is 253 g/mol. The highest BCUT2D eigenvalue weighted by molar-refractivity contribution is 6.42. The van der Waals surface area contributed by atoms with Crippen LogP contribution in [0, 0.1) is 11.3 Å². The summed E-state index contributed by atoms with van der Waals surface area (Å²) in [7, 11) is 0. The van der Waals surface area contributed by atoms with Crippen molar-refractivity contribution in [3.63, 3.8) is 0 Å². The normalized spacial score (nSPS) is 41.3. The van der Waals surface area contributed by atoms with Gasteiger partial charge >= 0.3 is 0 Å². The van der Waals surface area contributed by atoms with E-state index < -0.39 is 11.2 Å². The molecule has 1 spiro atoms. The molecule has 1 heterocycles. The number of fused-ring (bicyclic) bond motifs is 1. The Morgan fingerprint density at radius 1 is 1.33 bits per heavy atom. The Morgan fingerprint density at radius 2 is 2.06 bits per heavy atom. The molecule has 0 bridgehead atoms. The minimum atomic E-state index is -0.446. The van der Waals surface area contributed by atoms with E-state index in [1.807, 2.05) is 6.92 Å². The Balaban J connectivity index is 1.84. The van der Waals surface area contributed by atoms with Crippen molar-refractivity contribution in [3.05, 3.63) is 0 Å². The first-order chi connectivity index (χ1) is 8.60. The lowest BCUT2D eigenvalue weighted by Gasteiger charge is -2.48. The van der Waals surface area contributed by atoms with Gasteiger partial charge in [0.15, 0.2) is 11.6 Å². The maximum atomic E-state index is 12.3. The van der Waals surface area contributed by atoms with Crippen molar-refractivity contribution in [2.75, 3.05) is 13.2 Å². The number of nitrogens with zero attached hydrogens (tertiary/aromatic N) is 1. The third-order valence-corrected chi connectivity index (χ3v) is 4.93. The predicted octanol–water partition coefficient (Wildman–Crippen LogP) is 1.73. The molecule has 0 amide bonds. The SMILES string of the molecule is C[C@]12CCC3(C[C@@H]1CC/C(=N/O)C2=O)OCCO3. The number of carbonyl (C=O) groups excluding carboxylic acids is 1. The lowest BCUT2D eigenvalue weighted by Crippen LogP contribution is -2.52. The van der Waals surface area contributed by atoms with Gasteiger partial charge in [0.25, 0.3) is 0 Å². The van der Waals surface area contributed by atoms with Crippen LogP contribution in [0.3, 0.4) is 0 Å². The fraction of sp³-hybridized carbons (Fsp3) is 0.846. The molecule has 18 heavy (non-hydrogen) atoms. The summed E-state index contributed by atoms with van der Waals surface area (Å²) >= 11 is 0. The summed E-state index contributed by atoms with van der Waals surface area (Å²) in [6, 6.07) is 0. The number of carbonyl (C=O) groups is 1. The number of ketones is 1. The van der Waals surface area contributed by atoms with E-state index in [-0.39, 0.29) is 11.7 Å². The molecular weight excluding hydrogens is 234 g/mol. The van der Waals surface area contributed by atoms with E-state index in [9.17, 15) is 4.79 Å². The molecule has 0 unspecified atom stereocenters. The molecule has 1 N–H and O–H groups in total.